The molecular formula is C12H16O2. The summed E-state index contributed by atoms with van der Waals surface area (Å²) in [4.78, 5) is 0. The molecule has 2 heteroatoms. The summed E-state index contributed by atoms with van der Waals surface area (Å²) in [5.74, 6) is 0.991. The summed E-state index contributed by atoms with van der Waals surface area (Å²) in [5, 5.41) is 0. The highest BCUT2D eigenvalue weighted by molar-refractivity contribution is 5.36. The standard InChI is InChI=1S/C12H16O2/c1-12(2)11(13-3)8-9-6-4-5-7-10(9)14-12/h4-7,11H,8H2,1-3H3. The number of ether oxygens (including phenoxy) is 2. The average molecular weight is 192 g/mol. The molecule has 1 heterocycles. The number of hydrogen-bond acceptors (Lipinski definition) is 2. The van der Waals surface area contributed by atoms with E-state index < -0.39 is 0 Å². The van der Waals surface area contributed by atoms with E-state index in [1.165, 1.54) is 5.56 Å². The molecule has 1 aromatic rings. The lowest BCUT2D eigenvalue weighted by molar-refractivity contribution is -0.0642. The molecule has 0 fully saturated rings. The fourth-order valence-electron chi connectivity index (χ4n) is 1.93. The summed E-state index contributed by atoms with van der Waals surface area (Å²) in [6, 6.07) is 8.15. The Kier molecular flexibility index (Phi) is 2.23. The first-order valence-corrected chi connectivity index (χ1v) is 4.93. The zero-order valence-electron chi connectivity index (χ0n) is 8.91. The number of rotatable bonds is 1. The molecule has 0 aliphatic carbocycles. The molecular weight excluding hydrogens is 176 g/mol. The first-order chi connectivity index (χ1) is 6.63. The van der Waals surface area contributed by atoms with Crippen molar-refractivity contribution in [3.63, 3.8) is 0 Å². The van der Waals surface area contributed by atoms with Gasteiger partial charge in [-0.25, -0.2) is 0 Å². The molecule has 1 aliphatic heterocycles. The lowest BCUT2D eigenvalue weighted by Crippen LogP contribution is -2.47. The minimum Gasteiger partial charge on any atom is -0.485 e. The van der Waals surface area contributed by atoms with Crippen molar-refractivity contribution in [2.24, 2.45) is 0 Å². The number of hydrogen-bond donors (Lipinski definition) is 0. The van der Waals surface area contributed by atoms with E-state index in [0.29, 0.717) is 0 Å². The van der Waals surface area contributed by atoms with Crippen LogP contribution >= 0.6 is 0 Å². The molecule has 0 spiro atoms. The Morgan fingerprint density at radius 3 is 2.79 bits per heavy atom. The second-order valence-corrected chi connectivity index (χ2v) is 4.24. The van der Waals surface area contributed by atoms with Crippen LogP contribution in [-0.4, -0.2) is 18.8 Å². The van der Waals surface area contributed by atoms with E-state index in [1.807, 2.05) is 18.2 Å². The van der Waals surface area contributed by atoms with Gasteiger partial charge in [-0.3, -0.25) is 0 Å². The van der Waals surface area contributed by atoms with Crippen LogP contribution in [0.1, 0.15) is 19.4 Å². The Hall–Kier alpha value is -1.02. The van der Waals surface area contributed by atoms with Crippen LogP contribution in [0.5, 0.6) is 5.75 Å². The molecule has 0 amide bonds. The van der Waals surface area contributed by atoms with Crippen LogP contribution in [0.25, 0.3) is 0 Å². The predicted octanol–water partition coefficient (Wildman–Crippen LogP) is 2.42. The number of benzene rings is 1. The molecule has 0 saturated heterocycles. The smallest absolute Gasteiger partial charge is 0.130 e. The third-order valence-electron chi connectivity index (χ3n) is 2.81. The normalized spacial score (nSPS) is 23.8. The molecule has 0 aromatic heterocycles. The monoisotopic (exact) mass is 192 g/mol. The average Bonchev–Trinajstić information content (AvgIpc) is 2.15. The van der Waals surface area contributed by atoms with Gasteiger partial charge in [0.1, 0.15) is 17.5 Å². The second kappa shape index (κ2) is 3.28. The van der Waals surface area contributed by atoms with Gasteiger partial charge in [-0.15, -0.1) is 0 Å². The van der Waals surface area contributed by atoms with Crippen LogP contribution in [0.2, 0.25) is 0 Å². The van der Waals surface area contributed by atoms with Gasteiger partial charge >= 0.3 is 0 Å². The quantitative estimate of drug-likeness (QED) is 0.680. The summed E-state index contributed by atoms with van der Waals surface area (Å²) in [6.07, 6.45) is 1.07. The predicted molar refractivity (Wildman–Crippen MR) is 55.7 cm³/mol. The van der Waals surface area contributed by atoms with Gasteiger partial charge in [0.2, 0.25) is 0 Å². The highest BCUT2D eigenvalue weighted by Gasteiger charge is 2.36. The highest BCUT2D eigenvalue weighted by atomic mass is 16.5. The molecule has 0 radical (unpaired) electrons. The van der Waals surface area contributed by atoms with Crippen LogP contribution in [0.15, 0.2) is 24.3 Å². The summed E-state index contributed by atoms with van der Waals surface area (Å²) >= 11 is 0. The van der Waals surface area contributed by atoms with Crippen LogP contribution in [-0.2, 0) is 11.2 Å². The van der Waals surface area contributed by atoms with Crippen molar-refractivity contribution in [1.82, 2.24) is 0 Å². The fourth-order valence-corrected chi connectivity index (χ4v) is 1.93. The Bertz CT molecular complexity index is 331. The third-order valence-corrected chi connectivity index (χ3v) is 2.81. The van der Waals surface area contributed by atoms with Gasteiger partial charge in [0.15, 0.2) is 0 Å². The van der Waals surface area contributed by atoms with Crippen molar-refractivity contribution >= 4 is 0 Å². The fraction of sp³-hybridized carbons (Fsp3) is 0.500. The summed E-state index contributed by atoms with van der Waals surface area (Å²) in [7, 11) is 1.74. The van der Waals surface area contributed by atoms with E-state index in [1.54, 1.807) is 7.11 Å². The molecule has 0 N–H and O–H groups in total. The van der Waals surface area contributed by atoms with Crippen LogP contribution < -0.4 is 4.74 Å². The van der Waals surface area contributed by atoms with E-state index in [-0.39, 0.29) is 11.7 Å². The van der Waals surface area contributed by atoms with E-state index in [0.717, 1.165) is 12.2 Å². The maximum atomic E-state index is 5.90. The van der Waals surface area contributed by atoms with Crippen molar-refractivity contribution in [3.05, 3.63) is 29.8 Å². The van der Waals surface area contributed by atoms with Crippen LogP contribution in [0.4, 0.5) is 0 Å². The molecule has 14 heavy (non-hydrogen) atoms. The second-order valence-electron chi connectivity index (χ2n) is 4.24. The Labute approximate surface area is 84.8 Å². The molecule has 76 valence electrons. The van der Waals surface area contributed by atoms with Gasteiger partial charge in [0.05, 0.1) is 0 Å². The van der Waals surface area contributed by atoms with Gasteiger partial charge in [0, 0.05) is 13.5 Å². The molecule has 0 saturated carbocycles. The third kappa shape index (κ3) is 1.50. The van der Waals surface area contributed by atoms with E-state index in [2.05, 4.69) is 19.9 Å². The zero-order chi connectivity index (χ0) is 10.2. The Morgan fingerprint density at radius 2 is 2.07 bits per heavy atom. The molecule has 2 nitrogen and oxygen atoms in total. The first-order valence-electron chi connectivity index (χ1n) is 4.93. The minimum atomic E-state index is -0.233. The van der Waals surface area contributed by atoms with Crippen LogP contribution in [0, 0.1) is 0 Å². The molecule has 1 unspecified atom stereocenters. The topological polar surface area (TPSA) is 18.5 Å². The van der Waals surface area contributed by atoms with Crippen molar-refractivity contribution in [2.75, 3.05) is 7.11 Å². The SMILES string of the molecule is COC1Cc2ccccc2OC1(C)C. The van der Waals surface area contributed by atoms with E-state index in [4.69, 9.17) is 9.47 Å². The van der Waals surface area contributed by atoms with Gasteiger partial charge in [0.25, 0.3) is 0 Å². The first kappa shape index (κ1) is 9.53. The summed E-state index contributed by atoms with van der Waals surface area (Å²) in [5.41, 5.74) is 1.00. The minimum absolute atomic E-state index is 0.136. The molecule has 0 bridgehead atoms. The summed E-state index contributed by atoms with van der Waals surface area (Å²) in [6.45, 7) is 4.13. The van der Waals surface area contributed by atoms with Gasteiger partial charge in [-0.05, 0) is 25.5 Å². The number of fused-ring (bicyclic) bond motifs is 1. The van der Waals surface area contributed by atoms with Crippen molar-refractivity contribution in [3.8, 4) is 5.75 Å². The van der Waals surface area contributed by atoms with Crippen molar-refractivity contribution in [2.45, 2.75) is 32.0 Å². The highest BCUT2D eigenvalue weighted by Crippen LogP contribution is 2.33. The Balaban J connectivity index is 2.35. The lowest BCUT2D eigenvalue weighted by atomic mass is 9.91. The molecule has 2 rings (SSSR count). The number of para-hydroxylation sites is 1. The lowest BCUT2D eigenvalue weighted by Gasteiger charge is -2.38. The maximum absolute atomic E-state index is 5.90. The van der Waals surface area contributed by atoms with Gasteiger partial charge in [-0.1, -0.05) is 18.2 Å². The maximum Gasteiger partial charge on any atom is 0.130 e. The summed E-state index contributed by atoms with van der Waals surface area (Å²) < 4.78 is 11.3. The van der Waals surface area contributed by atoms with E-state index >= 15 is 0 Å². The van der Waals surface area contributed by atoms with Gasteiger partial charge < -0.3 is 9.47 Å². The zero-order valence-corrected chi connectivity index (χ0v) is 8.91. The Morgan fingerprint density at radius 1 is 1.36 bits per heavy atom. The van der Waals surface area contributed by atoms with Crippen molar-refractivity contribution < 1.29 is 9.47 Å². The van der Waals surface area contributed by atoms with Crippen LogP contribution in [0.3, 0.4) is 0 Å². The van der Waals surface area contributed by atoms with Crippen molar-refractivity contribution in [1.29, 1.82) is 0 Å². The van der Waals surface area contributed by atoms with Gasteiger partial charge in [-0.2, -0.15) is 0 Å². The number of methoxy groups -OCH3 is 1. The largest absolute Gasteiger partial charge is 0.485 e. The molecule has 1 aliphatic rings. The molecule has 1 aromatic carbocycles. The van der Waals surface area contributed by atoms with E-state index in [9.17, 15) is 0 Å². The molecule has 1 atom stereocenters.